The Labute approximate surface area is 178 Å². The van der Waals surface area contributed by atoms with Crippen molar-refractivity contribution in [1.29, 1.82) is 0 Å². The Bertz CT molecular complexity index is 921. The zero-order valence-corrected chi connectivity index (χ0v) is 17.3. The normalized spacial score (nSPS) is 31.0. The number of aromatic nitrogens is 2. The predicted octanol–water partition coefficient (Wildman–Crippen LogP) is 1.80. The molecule has 1 aromatic heterocycles. The van der Waals surface area contributed by atoms with E-state index in [4.69, 9.17) is 20.7 Å². The molecule has 0 radical (unpaired) electrons. The number of nitrogens with zero attached hydrogens (tertiary/aromatic N) is 5. The maximum atomic E-state index is 16.1. The average Bonchev–Trinajstić information content (AvgIpc) is 3.23. The molecule has 0 bridgehead atoms. The lowest BCUT2D eigenvalue weighted by Crippen LogP contribution is -2.54. The largest absolute Gasteiger partial charge is 0.456 e. The summed E-state index contributed by atoms with van der Waals surface area (Å²) in [4.78, 5) is 30.9. The van der Waals surface area contributed by atoms with Crippen LogP contribution in [0.4, 0.5) is 10.2 Å². The first-order chi connectivity index (χ1) is 14.8. The molecule has 1 aliphatic carbocycles. The molecule has 1 aromatic rings. The second-order valence-corrected chi connectivity index (χ2v) is 8.00. The van der Waals surface area contributed by atoms with E-state index in [2.05, 4.69) is 21.9 Å². The number of carbonyl (C=O) groups excluding carboxylic acids is 1. The molecule has 2 aliphatic rings. The number of nitrogen functional groups attached to an aromatic ring is 1. The zero-order valence-electron chi connectivity index (χ0n) is 17.3. The summed E-state index contributed by atoms with van der Waals surface area (Å²) < 4.78 is 28.3. The number of fused-ring (bicyclic) bond motifs is 1. The smallest absolute Gasteiger partial charge is 0.349 e. The summed E-state index contributed by atoms with van der Waals surface area (Å²) in [7, 11) is 0. The summed E-state index contributed by atoms with van der Waals surface area (Å²) in [6.07, 6.45) is 3.17. The minimum Gasteiger partial charge on any atom is -0.456 e. The number of alkyl halides is 1. The van der Waals surface area contributed by atoms with E-state index in [0.717, 1.165) is 30.3 Å². The Balaban J connectivity index is 1.81. The Morgan fingerprint density at radius 3 is 2.87 bits per heavy atom. The Morgan fingerprint density at radius 1 is 1.48 bits per heavy atom. The quantitative estimate of drug-likeness (QED) is 0.175. The van der Waals surface area contributed by atoms with Gasteiger partial charge in [-0.1, -0.05) is 37.7 Å². The first-order valence-electron chi connectivity index (χ1n) is 10.4. The lowest BCUT2D eigenvalue weighted by molar-refractivity contribution is -0.175. The van der Waals surface area contributed by atoms with Crippen LogP contribution in [0.25, 0.3) is 10.4 Å². The molecule has 1 saturated carbocycles. The van der Waals surface area contributed by atoms with Gasteiger partial charge in [-0.3, -0.25) is 9.36 Å². The Hall–Kier alpha value is -2.69. The number of rotatable bonds is 11. The molecule has 1 saturated heterocycles. The fraction of sp³-hybridized carbons (Fsp3) is 0.737. The van der Waals surface area contributed by atoms with Crippen molar-refractivity contribution in [1.82, 2.24) is 9.55 Å². The number of aliphatic hydroxyl groups excluding tert-OH is 1. The van der Waals surface area contributed by atoms with Gasteiger partial charge in [0.25, 0.3) is 0 Å². The molecular weight excluding hydrogens is 411 g/mol. The topological polar surface area (TPSA) is 165 Å². The van der Waals surface area contributed by atoms with Crippen LogP contribution in [-0.4, -0.2) is 57.3 Å². The minimum atomic E-state index is -2.28. The van der Waals surface area contributed by atoms with Gasteiger partial charge in [-0.05, 0) is 18.0 Å². The molecule has 2 heterocycles. The molecule has 1 aliphatic heterocycles. The number of nitrogens with two attached hydrogens (primary N) is 1. The number of ether oxygens (including phenoxy) is 2. The van der Waals surface area contributed by atoms with Gasteiger partial charge in [0, 0.05) is 17.5 Å². The molecule has 1 unspecified atom stereocenters. The van der Waals surface area contributed by atoms with Crippen LogP contribution in [-0.2, 0) is 14.3 Å². The molecule has 2 fully saturated rings. The molecule has 0 amide bonds. The third kappa shape index (κ3) is 4.23. The fourth-order valence-electron chi connectivity index (χ4n) is 4.20. The highest BCUT2D eigenvalue weighted by atomic mass is 19.1. The van der Waals surface area contributed by atoms with Gasteiger partial charge >= 0.3 is 11.7 Å². The second kappa shape index (κ2) is 9.21. The van der Waals surface area contributed by atoms with Crippen LogP contribution in [0.1, 0.15) is 51.5 Å². The van der Waals surface area contributed by atoms with Crippen molar-refractivity contribution in [3.63, 3.8) is 0 Å². The van der Waals surface area contributed by atoms with Gasteiger partial charge in [-0.2, -0.15) is 4.98 Å². The van der Waals surface area contributed by atoms with Crippen molar-refractivity contribution in [3.8, 4) is 0 Å². The number of hydrogen-bond donors (Lipinski definition) is 2. The van der Waals surface area contributed by atoms with E-state index in [9.17, 15) is 14.7 Å². The highest BCUT2D eigenvalue weighted by Gasteiger charge is 2.84. The SMILES string of the molecule is CCCCCCCC(=O)O[C@@H]1[C@](CO)(CN=[N+]=[N-])O[C@H]2C(n3ccc(N)nc3=O)[C@]12F. The van der Waals surface area contributed by atoms with Gasteiger partial charge in [-0.15, -0.1) is 0 Å². The first kappa shape index (κ1) is 23.0. The summed E-state index contributed by atoms with van der Waals surface area (Å²) in [6, 6.07) is 0.233. The maximum absolute atomic E-state index is 16.1. The predicted molar refractivity (Wildman–Crippen MR) is 108 cm³/mol. The first-order valence-corrected chi connectivity index (χ1v) is 10.4. The Morgan fingerprint density at radius 2 is 2.23 bits per heavy atom. The van der Waals surface area contributed by atoms with Crippen molar-refractivity contribution >= 4 is 11.8 Å². The number of azide groups is 1. The standard InChI is InChI=1S/C19H27FN6O5/c1-2-3-4-5-6-7-13(28)30-16-18(11-27,10-23-25-22)31-15-14(19(15,16)20)26-9-8-12(21)24-17(26)29/h8-9,14-16,27H,2-7,10-11H2,1H3,(H2,21,24,29)/t14?,15-,16+,18+,19+/m0/s1. The van der Waals surface area contributed by atoms with Crippen molar-refractivity contribution in [2.75, 3.05) is 18.9 Å². The molecule has 11 nitrogen and oxygen atoms in total. The fourth-order valence-corrected chi connectivity index (χ4v) is 4.20. The molecule has 5 atom stereocenters. The van der Waals surface area contributed by atoms with Crippen molar-refractivity contribution < 1.29 is 23.8 Å². The van der Waals surface area contributed by atoms with Crippen LogP contribution in [0.5, 0.6) is 0 Å². The summed E-state index contributed by atoms with van der Waals surface area (Å²) in [6.45, 7) is 0.917. The molecule has 0 aromatic carbocycles. The summed E-state index contributed by atoms with van der Waals surface area (Å²) in [5, 5.41) is 13.3. The third-order valence-corrected chi connectivity index (χ3v) is 5.86. The number of aliphatic hydroxyl groups is 1. The summed E-state index contributed by atoms with van der Waals surface area (Å²) >= 11 is 0. The molecule has 3 N–H and O–H groups in total. The van der Waals surface area contributed by atoms with E-state index in [1.807, 2.05) is 0 Å². The average molecular weight is 438 g/mol. The molecule has 3 rings (SSSR count). The van der Waals surface area contributed by atoms with E-state index < -0.39 is 54.3 Å². The van der Waals surface area contributed by atoms with Crippen molar-refractivity contribution in [3.05, 3.63) is 33.2 Å². The van der Waals surface area contributed by atoms with Crippen LogP contribution in [0.3, 0.4) is 0 Å². The van der Waals surface area contributed by atoms with Crippen molar-refractivity contribution in [2.24, 2.45) is 5.11 Å². The molecule has 12 heteroatoms. The van der Waals surface area contributed by atoms with Gasteiger partial charge in [0.1, 0.15) is 23.6 Å². The van der Waals surface area contributed by atoms with Crippen molar-refractivity contribution in [2.45, 2.75) is 75.0 Å². The molecule has 0 spiro atoms. The van der Waals surface area contributed by atoms with E-state index in [1.165, 1.54) is 12.3 Å². The van der Waals surface area contributed by atoms with E-state index in [1.54, 1.807) is 0 Å². The van der Waals surface area contributed by atoms with Crippen LogP contribution >= 0.6 is 0 Å². The number of unbranched alkanes of at least 4 members (excludes halogenated alkanes) is 4. The highest BCUT2D eigenvalue weighted by molar-refractivity contribution is 5.70. The Kier molecular flexibility index (Phi) is 6.83. The van der Waals surface area contributed by atoms with Gasteiger partial charge in [0.05, 0.1) is 13.2 Å². The number of anilines is 1. The van der Waals surface area contributed by atoms with Crippen LogP contribution in [0.2, 0.25) is 0 Å². The van der Waals surface area contributed by atoms with Gasteiger partial charge in [-0.25, -0.2) is 9.18 Å². The van der Waals surface area contributed by atoms with Crippen LogP contribution in [0, 0.1) is 0 Å². The van der Waals surface area contributed by atoms with Gasteiger partial charge in [0.2, 0.25) is 5.67 Å². The molecule has 31 heavy (non-hydrogen) atoms. The maximum Gasteiger partial charge on any atom is 0.349 e. The summed E-state index contributed by atoms with van der Waals surface area (Å²) in [5.41, 5.74) is 9.38. The third-order valence-electron chi connectivity index (χ3n) is 5.86. The van der Waals surface area contributed by atoms with Gasteiger partial charge in [0.15, 0.2) is 6.10 Å². The number of esters is 1. The van der Waals surface area contributed by atoms with E-state index in [0.29, 0.717) is 6.42 Å². The number of halogens is 1. The van der Waals surface area contributed by atoms with Crippen LogP contribution < -0.4 is 11.4 Å². The minimum absolute atomic E-state index is 0.0139. The van der Waals surface area contributed by atoms with Gasteiger partial charge < -0.3 is 20.3 Å². The van der Waals surface area contributed by atoms with E-state index in [-0.39, 0.29) is 12.2 Å². The van der Waals surface area contributed by atoms with Crippen LogP contribution in [0.15, 0.2) is 22.2 Å². The monoisotopic (exact) mass is 438 g/mol. The zero-order chi connectivity index (χ0) is 22.6. The number of carbonyl (C=O) groups is 1. The highest BCUT2D eigenvalue weighted by Crippen LogP contribution is 2.64. The lowest BCUT2D eigenvalue weighted by atomic mass is 9.93. The summed E-state index contributed by atoms with van der Waals surface area (Å²) in [5.74, 6) is -0.657. The lowest BCUT2D eigenvalue weighted by Gasteiger charge is -2.35. The molecule has 170 valence electrons. The molecular formula is C19H27FN6O5. The second-order valence-electron chi connectivity index (χ2n) is 8.00. The number of hydrogen-bond acceptors (Lipinski definition) is 8. The van der Waals surface area contributed by atoms with E-state index >= 15 is 4.39 Å².